The minimum absolute atomic E-state index is 1.31. The van der Waals surface area contributed by atoms with Crippen molar-refractivity contribution in [3.63, 3.8) is 0 Å². The van der Waals surface area contributed by atoms with Gasteiger partial charge in [-0.2, -0.15) is 21.9 Å². The summed E-state index contributed by atoms with van der Waals surface area (Å²) in [5.74, 6) is 0. The molecule has 0 amide bonds. The molecule has 248 valence electrons. The molecule has 0 fully saturated rings. The van der Waals surface area contributed by atoms with Crippen molar-refractivity contribution in [2.75, 3.05) is 19.6 Å². The molecule has 0 spiro atoms. The summed E-state index contributed by atoms with van der Waals surface area (Å²) in [5, 5.41) is 0. The van der Waals surface area contributed by atoms with Crippen molar-refractivity contribution in [3.05, 3.63) is 117 Å². The Balaban J connectivity index is 0.000000376. The highest BCUT2D eigenvalue weighted by Gasteiger charge is 2.35. The molecule has 1 nitrogen and oxygen atoms in total. The van der Waals surface area contributed by atoms with Gasteiger partial charge in [-0.1, -0.05) is 157 Å². The number of nitrogens with one attached hydrogen (secondary N) is 1. The van der Waals surface area contributed by atoms with Crippen LogP contribution in [-0.4, -0.2) is 25.8 Å². The maximum atomic E-state index is 2.39. The Morgan fingerprint density at radius 2 is 0.630 bits per heavy atom. The van der Waals surface area contributed by atoms with Crippen molar-refractivity contribution >= 4 is 28.0 Å². The van der Waals surface area contributed by atoms with Gasteiger partial charge in [-0.15, -0.1) is 0 Å². The molecular formula is C44H64BN. The van der Waals surface area contributed by atoms with Gasteiger partial charge in [-0.05, 0) is 74.7 Å². The van der Waals surface area contributed by atoms with Gasteiger partial charge in [0.2, 0.25) is 0 Å². The highest BCUT2D eigenvalue weighted by atomic mass is 15.1. The van der Waals surface area contributed by atoms with Gasteiger partial charge >= 0.3 is 0 Å². The van der Waals surface area contributed by atoms with Crippen LogP contribution in [0.2, 0.25) is 0 Å². The number of unbranched alkanes of at least 4 members (excludes halogenated alkanes) is 3. The van der Waals surface area contributed by atoms with E-state index in [1.807, 2.05) is 4.90 Å². The van der Waals surface area contributed by atoms with E-state index in [0.717, 1.165) is 0 Å². The van der Waals surface area contributed by atoms with Crippen LogP contribution in [0.3, 0.4) is 0 Å². The van der Waals surface area contributed by atoms with Crippen molar-refractivity contribution in [3.8, 4) is 0 Å². The molecule has 2 heteroatoms. The van der Waals surface area contributed by atoms with Gasteiger partial charge in [0.05, 0.1) is 19.6 Å². The summed E-state index contributed by atoms with van der Waals surface area (Å²) in [4.78, 5) is 1.84. The molecule has 0 heterocycles. The average molecular weight is 618 g/mol. The van der Waals surface area contributed by atoms with E-state index in [1.165, 1.54) is 125 Å². The highest BCUT2D eigenvalue weighted by Crippen LogP contribution is 2.19. The van der Waals surface area contributed by atoms with Crippen molar-refractivity contribution in [1.29, 1.82) is 0 Å². The number of quaternary nitrogens is 1. The SMILES string of the molecule is CCCC[NH+](CCCC)CCCC.Cc1ccc([B-](c2ccc(C)cc2C)(c2ccc(C)cc2C)c2ccc(C)cc2C)c(C)c1. The third kappa shape index (κ3) is 9.04. The Morgan fingerprint density at radius 3 is 0.826 bits per heavy atom. The second-order valence-corrected chi connectivity index (χ2v) is 14.4. The van der Waals surface area contributed by atoms with Gasteiger partial charge < -0.3 is 4.90 Å². The lowest BCUT2D eigenvalue weighted by molar-refractivity contribution is -0.900. The Labute approximate surface area is 283 Å². The van der Waals surface area contributed by atoms with Crippen LogP contribution in [0.4, 0.5) is 0 Å². The molecule has 0 bridgehead atoms. The molecule has 0 radical (unpaired) electrons. The fourth-order valence-electron chi connectivity index (χ4n) is 7.91. The molecule has 0 aliphatic heterocycles. The molecule has 0 unspecified atom stereocenters. The Hall–Kier alpha value is -3.10. The number of rotatable bonds is 13. The number of aryl methyl sites for hydroxylation is 8. The first kappa shape index (κ1) is 37.4. The fourth-order valence-corrected chi connectivity index (χ4v) is 7.91. The molecule has 0 aliphatic rings. The smallest absolute Gasteiger partial charge is 0.109 e. The Bertz CT molecular complexity index is 1320. The van der Waals surface area contributed by atoms with E-state index in [2.05, 4.69) is 149 Å². The monoisotopic (exact) mass is 618 g/mol. The first-order valence-corrected chi connectivity index (χ1v) is 18.3. The van der Waals surface area contributed by atoms with Crippen LogP contribution in [0, 0.1) is 55.4 Å². The lowest BCUT2D eigenvalue weighted by atomic mass is 9.11. The molecule has 4 aromatic rings. The van der Waals surface area contributed by atoms with Gasteiger partial charge in [0.25, 0.3) is 0 Å². The third-order valence-electron chi connectivity index (χ3n) is 10.2. The van der Waals surface area contributed by atoms with Gasteiger partial charge in [-0.25, -0.2) is 0 Å². The summed E-state index contributed by atoms with van der Waals surface area (Å²) < 4.78 is 0. The first-order valence-electron chi connectivity index (χ1n) is 18.3. The highest BCUT2D eigenvalue weighted by molar-refractivity contribution is 7.20. The Kier molecular flexibility index (Phi) is 14.4. The summed E-state index contributed by atoms with van der Waals surface area (Å²) in [6, 6.07) is 28.1. The minimum Gasteiger partial charge on any atom is -0.335 e. The lowest BCUT2D eigenvalue weighted by Gasteiger charge is -2.48. The predicted octanol–water partition coefficient (Wildman–Crippen LogP) is 7.80. The van der Waals surface area contributed by atoms with Crippen molar-refractivity contribution in [2.45, 2.75) is 115 Å². The second-order valence-electron chi connectivity index (χ2n) is 14.4. The van der Waals surface area contributed by atoms with Crippen LogP contribution in [0.15, 0.2) is 72.8 Å². The van der Waals surface area contributed by atoms with Crippen LogP contribution in [0.25, 0.3) is 0 Å². The zero-order valence-electron chi connectivity index (χ0n) is 31.4. The molecule has 4 rings (SSSR count). The maximum absolute atomic E-state index is 2.39. The number of hydrogen-bond donors (Lipinski definition) is 1. The topological polar surface area (TPSA) is 4.44 Å². The lowest BCUT2D eigenvalue weighted by Crippen LogP contribution is -3.12. The number of hydrogen-bond acceptors (Lipinski definition) is 0. The van der Waals surface area contributed by atoms with E-state index in [9.17, 15) is 0 Å². The van der Waals surface area contributed by atoms with Gasteiger partial charge in [0.15, 0.2) is 0 Å². The molecule has 0 aromatic heterocycles. The van der Waals surface area contributed by atoms with E-state index in [1.54, 1.807) is 0 Å². The minimum atomic E-state index is -1.38. The number of benzene rings is 4. The van der Waals surface area contributed by atoms with Crippen molar-refractivity contribution in [2.24, 2.45) is 0 Å². The van der Waals surface area contributed by atoms with Crippen molar-refractivity contribution in [1.82, 2.24) is 0 Å². The van der Waals surface area contributed by atoms with Gasteiger partial charge in [0, 0.05) is 0 Å². The molecule has 1 N–H and O–H groups in total. The second kappa shape index (κ2) is 17.7. The summed E-state index contributed by atoms with van der Waals surface area (Å²) in [7, 11) is 0. The molecule has 4 aromatic carbocycles. The molecular weight excluding hydrogens is 553 g/mol. The quantitative estimate of drug-likeness (QED) is 0.146. The van der Waals surface area contributed by atoms with Crippen LogP contribution in [0.1, 0.15) is 104 Å². The average Bonchev–Trinajstić information content (AvgIpc) is 3.00. The van der Waals surface area contributed by atoms with E-state index >= 15 is 0 Å². The van der Waals surface area contributed by atoms with Crippen LogP contribution >= 0.6 is 0 Å². The molecule has 46 heavy (non-hydrogen) atoms. The van der Waals surface area contributed by atoms with E-state index in [-0.39, 0.29) is 0 Å². The molecule has 0 aliphatic carbocycles. The van der Waals surface area contributed by atoms with Crippen LogP contribution in [0.5, 0.6) is 0 Å². The fraction of sp³-hybridized carbons (Fsp3) is 0.455. The zero-order chi connectivity index (χ0) is 33.9. The van der Waals surface area contributed by atoms with E-state index in [0.29, 0.717) is 0 Å². The summed E-state index contributed by atoms with van der Waals surface area (Å²) >= 11 is 0. The Morgan fingerprint density at radius 1 is 0.391 bits per heavy atom. The maximum Gasteiger partial charge on any atom is 0.109 e. The molecule has 0 saturated carbocycles. The van der Waals surface area contributed by atoms with Crippen LogP contribution < -0.4 is 26.8 Å². The normalized spacial score (nSPS) is 11.5. The van der Waals surface area contributed by atoms with Crippen molar-refractivity contribution < 1.29 is 4.90 Å². The predicted molar refractivity (Wildman–Crippen MR) is 208 cm³/mol. The standard InChI is InChI=1S/C32H36B.C12H27N/c1-21-9-13-29(25(5)17-21)33(30-14-10-22(2)18-26(30)6,31-15-11-23(3)19-27(31)7)32-16-12-24(4)20-28(32)8;1-4-7-10-13(11-8-5-2)12-9-6-3/h9-20H,1-8H3;4-12H2,1-3H3/q-1;/p+1. The first-order chi connectivity index (χ1) is 22.0. The molecule has 0 atom stereocenters. The summed E-state index contributed by atoms with van der Waals surface area (Å²) in [6.45, 7) is 29.0. The summed E-state index contributed by atoms with van der Waals surface area (Å²) in [5.41, 5.74) is 16.3. The van der Waals surface area contributed by atoms with E-state index in [4.69, 9.17) is 0 Å². The van der Waals surface area contributed by atoms with Crippen LogP contribution in [-0.2, 0) is 0 Å². The van der Waals surface area contributed by atoms with Gasteiger partial charge in [0.1, 0.15) is 6.15 Å². The third-order valence-corrected chi connectivity index (χ3v) is 10.2. The van der Waals surface area contributed by atoms with E-state index < -0.39 is 6.15 Å². The summed E-state index contributed by atoms with van der Waals surface area (Å²) in [6.07, 6.45) is 6.89. The molecule has 0 saturated heterocycles. The largest absolute Gasteiger partial charge is 0.335 e. The van der Waals surface area contributed by atoms with Gasteiger partial charge in [-0.3, -0.25) is 0 Å². The zero-order valence-corrected chi connectivity index (χ0v) is 31.4.